The molecule has 0 saturated heterocycles. The minimum absolute atomic E-state index is 0.118. The normalized spacial score (nSPS) is 11.0. The van der Waals surface area contributed by atoms with Gasteiger partial charge in [-0.1, -0.05) is 0 Å². The van der Waals surface area contributed by atoms with Crippen molar-refractivity contribution in [2.75, 3.05) is 7.11 Å². The number of methoxy groups -OCH3 is 1. The Kier molecular flexibility index (Phi) is 4.08. The van der Waals surface area contributed by atoms with E-state index >= 15 is 0 Å². The molecule has 0 heterocycles. The molecule has 0 amide bonds. The summed E-state index contributed by atoms with van der Waals surface area (Å²) in [4.78, 5) is 10.3. The number of nitriles is 1. The van der Waals surface area contributed by atoms with Gasteiger partial charge in [-0.3, -0.25) is 10.1 Å². The summed E-state index contributed by atoms with van der Waals surface area (Å²) in [5.41, 5.74) is 0.169. The Hall–Kier alpha value is -2.53. The average molecular weight is 230 g/mol. The van der Waals surface area contributed by atoms with Crippen LogP contribution in [-0.4, -0.2) is 12.0 Å². The highest BCUT2D eigenvalue weighted by Crippen LogP contribution is 2.31. The van der Waals surface area contributed by atoms with Crippen LogP contribution in [-0.2, 0) is 0 Å². The van der Waals surface area contributed by atoms with Crippen molar-refractivity contribution in [2.45, 2.75) is 12.3 Å². The number of hydrogen-bond acceptors (Lipinski definition) is 4. The molecule has 0 radical (unpaired) electrons. The highest BCUT2D eigenvalue weighted by atomic mass is 16.6. The molecule has 5 heteroatoms. The number of nitrogens with zero attached hydrogens (tertiary/aromatic N) is 2. The maximum absolute atomic E-state index is 10.8. The molecule has 17 heavy (non-hydrogen) atoms. The summed E-state index contributed by atoms with van der Waals surface area (Å²) in [5.74, 6) is 2.10. The van der Waals surface area contributed by atoms with E-state index in [2.05, 4.69) is 5.92 Å². The van der Waals surface area contributed by atoms with Crippen LogP contribution in [0.3, 0.4) is 0 Å². The van der Waals surface area contributed by atoms with E-state index in [1.165, 1.54) is 25.3 Å². The topological polar surface area (TPSA) is 76.2 Å². The molecule has 0 bridgehead atoms. The van der Waals surface area contributed by atoms with Gasteiger partial charge in [0.05, 0.1) is 29.6 Å². The summed E-state index contributed by atoms with van der Waals surface area (Å²) in [6, 6.07) is 6.23. The lowest BCUT2D eigenvalue weighted by atomic mass is 9.95. The van der Waals surface area contributed by atoms with E-state index in [9.17, 15) is 10.1 Å². The van der Waals surface area contributed by atoms with Gasteiger partial charge in [-0.15, -0.1) is 12.3 Å². The summed E-state index contributed by atoms with van der Waals surface area (Å²) in [5, 5.41) is 19.8. The fourth-order valence-corrected chi connectivity index (χ4v) is 1.45. The second-order valence-electron chi connectivity index (χ2n) is 3.27. The van der Waals surface area contributed by atoms with E-state index in [1.807, 2.05) is 6.07 Å². The molecule has 0 fully saturated rings. The van der Waals surface area contributed by atoms with E-state index in [0.717, 1.165) is 0 Å². The highest BCUT2D eigenvalue weighted by molar-refractivity contribution is 5.49. The highest BCUT2D eigenvalue weighted by Gasteiger charge is 2.22. The zero-order chi connectivity index (χ0) is 12.8. The molecule has 0 aliphatic heterocycles. The number of rotatable bonds is 4. The number of nitro groups is 1. The van der Waals surface area contributed by atoms with E-state index in [4.69, 9.17) is 16.4 Å². The van der Waals surface area contributed by atoms with Crippen LogP contribution in [0.15, 0.2) is 18.2 Å². The van der Waals surface area contributed by atoms with Crippen molar-refractivity contribution >= 4 is 5.69 Å². The van der Waals surface area contributed by atoms with Gasteiger partial charge in [0.2, 0.25) is 0 Å². The van der Waals surface area contributed by atoms with Crippen LogP contribution in [0.4, 0.5) is 5.69 Å². The fourth-order valence-electron chi connectivity index (χ4n) is 1.45. The molecule has 1 unspecified atom stereocenters. The molecular formula is C12H10N2O3. The van der Waals surface area contributed by atoms with Crippen LogP contribution < -0.4 is 4.74 Å². The van der Waals surface area contributed by atoms with Gasteiger partial charge >= 0.3 is 0 Å². The molecule has 0 N–H and O–H groups in total. The van der Waals surface area contributed by atoms with E-state index in [-0.39, 0.29) is 17.7 Å². The van der Waals surface area contributed by atoms with Gasteiger partial charge in [-0.05, 0) is 12.1 Å². The maximum atomic E-state index is 10.8. The summed E-state index contributed by atoms with van der Waals surface area (Å²) >= 11 is 0. The summed E-state index contributed by atoms with van der Waals surface area (Å²) in [6.07, 6.45) is 5.27. The minimum atomic E-state index is -0.699. The average Bonchev–Trinajstić information content (AvgIpc) is 2.35. The van der Waals surface area contributed by atoms with Gasteiger partial charge in [-0.25, -0.2) is 0 Å². The SMILES string of the molecule is C#CCC(C#N)c1cc(OC)ccc1[N+](=O)[O-]. The monoisotopic (exact) mass is 230 g/mol. The lowest BCUT2D eigenvalue weighted by Crippen LogP contribution is -2.01. The summed E-state index contributed by atoms with van der Waals surface area (Å²) in [7, 11) is 1.45. The number of ether oxygens (including phenoxy) is 1. The second-order valence-corrected chi connectivity index (χ2v) is 3.27. The van der Waals surface area contributed by atoms with Gasteiger partial charge < -0.3 is 4.74 Å². The van der Waals surface area contributed by atoms with Crippen LogP contribution >= 0.6 is 0 Å². The van der Waals surface area contributed by atoms with Gasteiger partial charge in [0.25, 0.3) is 5.69 Å². The predicted molar refractivity (Wildman–Crippen MR) is 61.5 cm³/mol. The molecule has 1 aromatic rings. The van der Waals surface area contributed by atoms with Crippen molar-refractivity contribution in [1.29, 1.82) is 5.26 Å². The second kappa shape index (κ2) is 5.53. The first-order valence-electron chi connectivity index (χ1n) is 4.79. The molecule has 5 nitrogen and oxygen atoms in total. The predicted octanol–water partition coefficient (Wildman–Crippen LogP) is 2.23. The van der Waals surface area contributed by atoms with E-state index in [0.29, 0.717) is 5.75 Å². The molecule has 1 aromatic carbocycles. The molecular weight excluding hydrogens is 220 g/mol. The fraction of sp³-hybridized carbons (Fsp3) is 0.250. The Labute approximate surface area is 98.8 Å². The maximum Gasteiger partial charge on any atom is 0.274 e. The van der Waals surface area contributed by atoms with Crippen molar-refractivity contribution < 1.29 is 9.66 Å². The number of terminal acetylenes is 1. The molecule has 1 atom stereocenters. The van der Waals surface area contributed by atoms with Gasteiger partial charge in [0.1, 0.15) is 5.75 Å². The Bertz CT molecular complexity index is 511. The first-order chi connectivity index (χ1) is 8.13. The van der Waals surface area contributed by atoms with Crippen LogP contribution in [0.25, 0.3) is 0 Å². The summed E-state index contributed by atoms with van der Waals surface area (Å²) in [6.45, 7) is 0. The van der Waals surface area contributed by atoms with Crippen molar-refractivity contribution in [2.24, 2.45) is 0 Å². The third-order valence-corrected chi connectivity index (χ3v) is 2.28. The van der Waals surface area contributed by atoms with Gasteiger partial charge in [0, 0.05) is 12.5 Å². The first-order valence-corrected chi connectivity index (χ1v) is 4.79. The van der Waals surface area contributed by atoms with Crippen LogP contribution in [0.5, 0.6) is 5.75 Å². The number of nitro benzene ring substituents is 1. The molecule has 0 spiro atoms. The Morgan fingerprint density at radius 2 is 2.35 bits per heavy atom. The lowest BCUT2D eigenvalue weighted by molar-refractivity contribution is -0.385. The molecule has 1 rings (SSSR count). The van der Waals surface area contributed by atoms with Crippen molar-refractivity contribution in [3.63, 3.8) is 0 Å². The van der Waals surface area contributed by atoms with Crippen LogP contribution in [0.1, 0.15) is 17.9 Å². The third kappa shape index (κ3) is 2.73. The Morgan fingerprint density at radius 1 is 1.65 bits per heavy atom. The molecule has 86 valence electrons. The smallest absolute Gasteiger partial charge is 0.274 e. The third-order valence-electron chi connectivity index (χ3n) is 2.28. The number of benzene rings is 1. The van der Waals surface area contributed by atoms with E-state index < -0.39 is 10.8 Å². The number of hydrogen-bond donors (Lipinski definition) is 0. The van der Waals surface area contributed by atoms with Crippen molar-refractivity contribution in [3.05, 3.63) is 33.9 Å². The van der Waals surface area contributed by atoms with Gasteiger partial charge in [0.15, 0.2) is 0 Å². The first kappa shape index (κ1) is 12.5. The zero-order valence-electron chi connectivity index (χ0n) is 9.21. The molecule has 0 aliphatic carbocycles. The summed E-state index contributed by atoms with van der Waals surface area (Å²) < 4.78 is 4.98. The molecule has 0 aromatic heterocycles. The zero-order valence-corrected chi connectivity index (χ0v) is 9.21. The van der Waals surface area contributed by atoms with Crippen LogP contribution in [0, 0.1) is 33.8 Å². The van der Waals surface area contributed by atoms with Crippen LogP contribution in [0.2, 0.25) is 0 Å². The standard InChI is InChI=1S/C12H10N2O3/c1-3-4-9(8-13)11-7-10(17-2)5-6-12(11)14(15)16/h1,5-7,9H,4H2,2H3. The quantitative estimate of drug-likeness (QED) is 0.451. The minimum Gasteiger partial charge on any atom is -0.497 e. The Balaban J connectivity index is 3.31. The molecule has 0 aliphatic rings. The Morgan fingerprint density at radius 3 is 2.82 bits per heavy atom. The van der Waals surface area contributed by atoms with E-state index in [1.54, 1.807) is 0 Å². The van der Waals surface area contributed by atoms with Gasteiger partial charge in [-0.2, -0.15) is 5.26 Å². The largest absolute Gasteiger partial charge is 0.497 e. The van der Waals surface area contributed by atoms with Crippen molar-refractivity contribution in [3.8, 4) is 24.2 Å². The lowest BCUT2D eigenvalue weighted by Gasteiger charge is -2.08. The van der Waals surface area contributed by atoms with Crippen molar-refractivity contribution in [1.82, 2.24) is 0 Å². The molecule has 0 saturated carbocycles.